The van der Waals surface area contributed by atoms with E-state index in [-0.39, 0.29) is 5.91 Å². The molecule has 1 aromatic carbocycles. The number of H-pyrrole nitrogens is 1. The zero-order valence-corrected chi connectivity index (χ0v) is 23.6. The number of amides is 1. The van der Waals surface area contributed by atoms with E-state index in [1.807, 2.05) is 84.9 Å². The number of aromatic amines is 1. The van der Waals surface area contributed by atoms with E-state index in [2.05, 4.69) is 51.6 Å². The number of fused-ring (bicyclic) bond motifs is 1. The number of nitrogens with zero attached hydrogens (tertiary/aromatic N) is 2. The molecule has 0 aliphatic rings. The van der Waals surface area contributed by atoms with Crippen molar-refractivity contribution < 1.29 is 4.79 Å². The van der Waals surface area contributed by atoms with Crippen LogP contribution in [0.2, 0.25) is 0 Å². The Hall–Kier alpha value is -3.30. The number of benzene rings is 1. The summed E-state index contributed by atoms with van der Waals surface area (Å²) in [4.78, 5) is 18.4. The predicted molar refractivity (Wildman–Crippen MR) is 158 cm³/mol. The van der Waals surface area contributed by atoms with Gasteiger partial charge in [-0.1, -0.05) is 64.6 Å². The Bertz CT molecular complexity index is 1050. The lowest BCUT2D eigenvalue weighted by Gasteiger charge is -2.10. The Morgan fingerprint density at radius 2 is 1.83 bits per heavy atom. The molecule has 190 valence electrons. The lowest BCUT2D eigenvalue weighted by molar-refractivity contribution is -0.116. The average Bonchev–Trinajstić information content (AvgIpc) is 3.33. The van der Waals surface area contributed by atoms with Crippen molar-refractivity contribution in [3.8, 4) is 12.8 Å². The molecule has 0 bridgehead atoms. The van der Waals surface area contributed by atoms with E-state index in [9.17, 15) is 4.79 Å². The molecule has 5 nitrogen and oxygen atoms in total. The number of terminal acetylenes is 1. The first-order valence-corrected chi connectivity index (χ1v) is 12.7. The maximum atomic E-state index is 12.2. The molecule has 0 aliphatic heterocycles. The Kier molecular flexibility index (Phi) is 20.6. The predicted octanol–water partition coefficient (Wildman–Crippen LogP) is 7.60. The highest BCUT2D eigenvalue weighted by atomic mass is 32.2. The van der Waals surface area contributed by atoms with Crippen LogP contribution in [0.4, 0.5) is 0 Å². The number of hydrogen-bond acceptors (Lipinski definition) is 4. The van der Waals surface area contributed by atoms with E-state index in [0.717, 1.165) is 38.5 Å². The fraction of sp³-hybridized carbons (Fsp3) is 0.345. The highest BCUT2D eigenvalue weighted by molar-refractivity contribution is 8.03. The first kappa shape index (κ1) is 33.9. The standard InChI is InChI=1S/C23H28N4OS.2C2H6.C2H2/c1-6-9-16(24-4)11-14-20-18-13-12-17(15-21(18)27-26-20)29-22(8-3)19(10-7-2)23(28)25-5;3*1-2/h6,8-15H,7H2,1-5H3,(H,25,28)(H,26,27);2*1-2H3;1-2H/b9-6-,14-11-,19-10+,22-8+,24-16?;;;. The van der Waals surface area contributed by atoms with Gasteiger partial charge in [-0.05, 0) is 56.7 Å². The zero-order chi connectivity index (χ0) is 27.2. The number of carbonyl (C=O) groups is 1. The topological polar surface area (TPSA) is 70.1 Å². The van der Waals surface area contributed by atoms with Gasteiger partial charge in [-0.25, -0.2) is 0 Å². The van der Waals surface area contributed by atoms with Gasteiger partial charge < -0.3 is 5.32 Å². The maximum Gasteiger partial charge on any atom is 0.251 e. The van der Waals surface area contributed by atoms with Gasteiger partial charge in [-0.2, -0.15) is 5.10 Å². The molecule has 0 saturated heterocycles. The van der Waals surface area contributed by atoms with E-state index in [0.29, 0.717) is 5.57 Å². The molecule has 1 amide bonds. The summed E-state index contributed by atoms with van der Waals surface area (Å²) < 4.78 is 0. The van der Waals surface area contributed by atoms with Crippen molar-refractivity contribution in [1.82, 2.24) is 15.5 Å². The maximum absolute atomic E-state index is 12.2. The van der Waals surface area contributed by atoms with Crippen molar-refractivity contribution in [3.05, 3.63) is 64.8 Å². The van der Waals surface area contributed by atoms with Gasteiger partial charge in [0.05, 0.1) is 16.9 Å². The first-order chi connectivity index (χ1) is 17.1. The molecule has 0 radical (unpaired) electrons. The molecule has 0 unspecified atom stereocenters. The number of aliphatic imine (C=N–C) groups is 1. The van der Waals surface area contributed by atoms with Crippen molar-refractivity contribution in [2.45, 2.75) is 59.8 Å². The Balaban J connectivity index is 0. The van der Waals surface area contributed by atoms with Crippen LogP contribution in [-0.4, -0.2) is 35.9 Å². The van der Waals surface area contributed by atoms with Crippen molar-refractivity contribution in [1.29, 1.82) is 0 Å². The molecule has 0 spiro atoms. The van der Waals surface area contributed by atoms with Crippen LogP contribution in [0.25, 0.3) is 17.0 Å². The van der Waals surface area contributed by atoms with Crippen molar-refractivity contribution in [2.75, 3.05) is 14.1 Å². The third-order valence-electron chi connectivity index (χ3n) is 4.21. The fourth-order valence-electron chi connectivity index (χ4n) is 2.79. The number of rotatable bonds is 8. The summed E-state index contributed by atoms with van der Waals surface area (Å²) >= 11 is 1.57. The molecule has 1 heterocycles. The van der Waals surface area contributed by atoms with Crippen LogP contribution in [0.15, 0.2) is 68.9 Å². The average molecular weight is 495 g/mol. The van der Waals surface area contributed by atoms with Crippen molar-refractivity contribution in [3.63, 3.8) is 0 Å². The Morgan fingerprint density at radius 3 is 2.34 bits per heavy atom. The molecule has 2 rings (SSSR count). The lowest BCUT2D eigenvalue weighted by Crippen LogP contribution is -2.20. The molecule has 2 aromatic rings. The molecule has 35 heavy (non-hydrogen) atoms. The number of allylic oxidation sites excluding steroid dienone is 5. The van der Waals surface area contributed by atoms with Gasteiger partial charge in [0, 0.05) is 34.9 Å². The fourth-order valence-corrected chi connectivity index (χ4v) is 3.76. The molecule has 6 heteroatoms. The van der Waals surface area contributed by atoms with Crippen LogP contribution < -0.4 is 5.32 Å². The molecule has 0 aliphatic carbocycles. The summed E-state index contributed by atoms with van der Waals surface area (Å²) in [5.74, 6) is -0.0722. The van der Waals surface area contributed by atoms with Gasteiger partial charge in [0.15, 0.2) is 0 Å². The second-order valence-corrected chi connectivity index (χ2v) is 7.27. The molecule has 0 saturated carbocycles. The van der Waals surface area contributed by atoms with Gasteiger partial charge in [0.1, 0.15) is 0 Å². The Morgan fingerprint density at radius 1 is 1.17 bits per heavy atom. The van der Waals surface area contributed by atoms with Gasteiger partial charge in [-0.15, -0.1) is 12.8 Å². The summed E-state index contributed by atoms with van der Waals surface area (Å²) in [6.45, 7) is 13.9. The highest BCUT2D eigenvalue weighted by Crippen LogP contribution is 2.34. The zero-order valence-electron chi connectivity index (χ0n) is 22.8. The SMILES string of the molecule is C#C.C/C=C\C(/C=C\c1n[nH]c2cc(SC(=C/C)/C(=C\CC)C(=O)NC)ccc12)=NC.CC.CC. The number of likely N-dealkylation sites (N-methyl/N-ethyl adjacent to an activating group) is 1. The van der Waals surface area contributed by atoms with Crippen molar-refractivity contribution in [2.24, 2.45) is 4.99 Å². The van der Waals surface area contributed by atoms with Gasteiger partial charge in [0.2, 0.25) is 0 Å². The highest BCUT2D eigenvalue weighted by Gasteiger charge is 2.14. The molecular formula is C29H42N4OS. The molecule has 2 N–H and O–H groups in total. The minimum Gasteiger partial charge on any atom is -0.355 e. The lowest BCUT2D eigenvalue weighted by atomic mass is 10.2. The number of nitrogens with one attached hydrogen (secondary N) is 2. The minimum atomic E-state index is -0.0722. The van der Waals surface area contributed by atoms with Crippen molar-refractivity contribution >= 4 is 40.4 Å². The van der Waals surface area contributed by atoms with E-state index >= 15 is 0 Å². The van der Waals surface area contributed by atoms with Crippen LogP contribution >= 0.6 is 11.8 Å². The summed E-state index contributed by atoms with van der Waals surface area (Å²) in [6, 6.07) is 6.16. The monoisotopic (exact) mass is 494 g/mol. The third kappa shape index (κ3) is 11.1. The largest absolute Gasteiger partial charge is 0.355 e. The van der Waals surface area contributed by atoms with Gasteiger partial charge in [0.25, 0.3) is 5.91 Å². The normalized spacial score (nSPS) is 11.8. The summed E-state index contributed by atoms with van der Waals surface area (Å²) in [5.41, 5.74) is 3.40. The molecule has 0 atom stereocenters. The number of aromatic nitrogens is 2. The first-order valence-electron chi connectivity index (χ1n) is 11.9. The second-order valence-electron chi connectivity index (χ2n) is 6.16. The van der Waals surface area contributed by atoms with Crippen LogP contribution in [0.5, 0.6) is 0 Å². The van der Waals surface area contributed by atoms with E-state index in [1.165, 1.54) is 0 Å². The van der Waals surface area contributed by atoms with E-state index < -0.39 is 0 Å². The third-order valence-corrected chi connectivity index (χ3v) is 5.37. The number of thioether (sulfide) groups is 1. The van der Waals surface area contributed by atoms with E-state index in [1.54, 1.807) is 25.9 Å². The van der Waals surface area contributed by atoms with Crippen LogP contribution in [0.3, 0.4) is 0 Å². The smallest absolute Gasteiger partial charge is 0.251 e. The second kappa shape index (κ2) is 21.2. The number of hydrogen-bond donors (Lipinski definition) is 2. The molecular weight excluding hydrogens is 452 g/mol. The van der Waals surface area contributed by atoms with Gasteiger partial charge >= 0.3 is 0 Å². The van der Waals surface area contributed by atoms with Crippen LogP contribution in [0, 0.1) is 12.8 Å². The van der Waals surface area contributed by atoms with Crippen LogP contribution in [-0.2, 0) is 4.79 Å². The molecule has 1 aromatic heterocycles. The summed E-state index contributed by atoms with van der Waals surface area (Å²) in [6.07, 6.45) is 20.5. The summed E-state index contributed by atoms with van der Waals surface area (Å²) in [7, 11) is 3.42. The van der Waals surface area contributed by atoms with E-state index in [4.69, 9.17) is 0 Å². The quantitative estimate of drug-likeness (QED) is 0.130. The van der Waals surface area contributed by atoms with Gasteiger partial charge in [-0.3, -0.25) is 14.9 Å². The Labute approximate surface area is 217 Å². The minimum absolute atomic E-state index is 0.0722. The van der Waals surface area contributed by atoms with Crippen LogP contribution in [0.1, 0.15) is 60.6 Å². The summed E-state index contributed by atoms with van der Waals surface area (Å²) in [5, 5.41) is 11.3. The number of carbonyl (C=O) groups excluding carboxylic acids is 1. The molecule has 0 fully saturated rings.